The molecule has 2 aromatic rings. The molecule has 0 atom stereocenters. The number of amides is 1. The molecule has 33 heavy (non-hydrogen) atoms. The van der Waals surface area contributed by atoms with E-state index in [1.807, 2.05) is 18.9 Å². The van der Waals surface area contributed by atoms with Gasteiger partial charge in [-0.2, -0.15) is 5.10 Å². The van der Waals surface area contributed by atoms with Crippen molar-refractivity contribution in [1.29, 1.82) is 0 Å². The van der Waals surface area contributed by atoms with E-state index >= 15 is 0 Å². The van der Waals surface area contributed by atoms with Crippen molar-refractivity contribution in [2.24, 2.45) is 18.9 Å². The number of hydrogen-bond donors (Lipinski definition) is 1. The van der Waals surface area contributed by atoms with Crippen LogP contribution in [0.15, 0.2) is 4.79 Å². The van der Waals surface area contributed by atoms with Gasteiger partial charge in [0.05, 0.1) is 5.69 Å². The average Bonchev–Trinajstić information content (AvgIpc) is 3.15. The number of anilines is 1. The Kier molecular flexibility index (Phi) is 7.71. The zero-order valence-electron chi connectivity index (χ0n) is 20.6. The Morgan fingerprint density at radius 2 is 1.73 bits per heavy atom. The van der Waals surface area contributed by atoms with Crippen LogP contribution >= 0.6 is 0 Å². The van der Waals surface area contributed by atoms with Crippen LogP contribution in [-0.4, -0.2) is 56.7 Å². The summed E-state index contributed by atoms with van der Waals surface area (Å²) < 4.78 is 1.67. The van der Waals surface area contributed by atoms with Gasteiger partial charge in [-0.05, 0) is 43.9 Å². The second-order valence-corrected chi connectivity index (χ2v) is 9.99. The average molecular weight is 457 g/mol. The molecule has 2 aromatic heterocycles. The van der Waals surface area contributed by atoms with Gasteiger partial charge in [0.2, 0.25) is 11.9 Å². The third kappa shape index (κ3) is 5.41. The van der Waals surface area contributed by atoms with Crippen LogP contribution in [0.4, 0.5) is 5.95 Å². The molecule has 0 unspecified atom stereocenters. The number of piperidine rings is 1. The summed E-state index contributed by atoms with van der Waals surface area (Å²) in [4.78, 5) is 37.6. The second-order valence-electron chi connectivity index (χ2n) is 9.99. The highest BCUT2D eigenvalue weighted by Crippen LogP contribution is 2.28. The molecule has 0 radical (unpaired) electrons. The fraction of sp³-hybridized carbons (Fsp3) is 0.760. The van der Waals surface area contributed by atoms with Gasteiger partial charge < -0.3 is 9.80 Å². The molecule has 0 bridgehead atoms. The molecule has 8 nitrogen and oxygen atoms in total. The maximum Gasteiger partial charge on any atom is 0.278 e. The molecule has 2 aliphatic rings. The molecule has 1 N–H and O–H groups in total. The number of carbonyl (C=O) groups is 1. The molecular formula is C25H40N6O2. The highest BCUT2D eigenvalue weighted by atomic mass is 16.2. The normalized spacial score (nSPS) is 18.2. The van der Waals surface area contributed by atoms with Crippen molar-refractivity contribution in [3.8, 4) is 0 Å². The smallest absolute Gasteiger partial charge is 0.278 e. The zero-order chi connectivity index (χ0) is 23.4. The van der Waals surface area contributed by atoms with Crippen LogP contribution in [0.5, 0.6) is 0 Å². The van der Waals surface area contributed by atoms with E-state index in [0.29, 0.717) is 29.7 Å². The highest BCUT2D eigenvalue weighted by molar-refractivity contribution is 5.78. The van der Waals surface area contributed by atoms with Crippen LogP contribution in [0, 0.1) is 11.8 Å². The maximum absolute atomic E-state index is 13.1. The number of nitrogens with zero attached hydrogens (tertiary/aromatic N) is 5. The number of rotatable bonds is 8. The lowest BCUT2D eigenvalue weighted by Gasteiger charge is -2.36. The van der Waals surface area contributed by atoms with Gasteiger partial charge in [-0.3, -0.25) is 19.3 Å². The number of fused-ring (bicyclic) bond motifs is 1. The first-order valence-electron chi connectivity index (χ1n) is 13.0. The molecule has 0 aromatic carbocycles. The minimum Gasteiger partial charge on any atom is -0.343 e. The Morgan fingerprint density at radius 1 is 1.06 bits per heavy atom. The highest BCUT2D eigenvalue weighted by Gasteiger charge is 2.27. The third-order valence-corrected chi connectivity index (χ3v) is 7.49. The fourth-order valence-electron chi connectivity index (χ4n) is 5.62. The van der Waals surface area contributed by atoms with Crippen LogP contribution in [0.3, 0.4) is 0 Å². The summed E-state index contributed by atoms with van der Waals surface area (Å²) in [6, 6.07) is 0. The molecule has 2 fully saturated rings. The van der Waals surface area contributed by atoms with E-state index in [9.17, 15) is 9.59 Å². The molecule has 1 aliphatic carbocycles. The summed E-state index contributed by atoms with van der Waals surface area (Å²) in [6.45, 7) is 7.54. The Bertz CT molecular complexity index is 998. The van der Waals surface area contributed by atoms with Crippen molar-refractivity contribution in [2.45, 2.75) is 78.1 Å². The lowest BCUT2D eigenvalue weighted by molar-refractivity contribution is -0.132. The number of nitrogens with one attached hydrogen (secondary N) is 1. The molecule has 1 aliphatic heterocycles. The monoisotopic (exact) mass is 456 g/mol. The number of H-pyrrole nitrogens is 1. The van der Waals surface area contributed by atoms with E-state index in [0.717, 1.165) is 63.1 Å². The van der Waals surface area contributed by atoms with Crippen LogP contribution < -0.4 is 10.5 Å². The second kappa shape index (κ2) is 10.7. The lowest BCUT2D eigenvalue weighted by Crippen LogP contribution is -2.43. The molecule has 1 amide bonds. The van der Waals surface area contributed by atoms with Gasteiger partial charge in [0.1, 0.15) is 5.52 Å². The minimum atomic E-state index is -0.107. The van der Waals surface area contributed by atoms with Crippen LogP contribution in [0.1, 0.15) is 77.3 Å². The fourth-order valence-corrected chi connectivity index (χ4v) is 5.62. The molecule has 4 rings (SSSR count). The summed E-state index contributed by atoms with van der Waals surface area (Å²) in [6.07, 6.45) is 10.8. The topological polar surface area (TPSA) is 87.1 Å². The quantitative estimate of drug-likeness (QED) is 0.655. The molecule has 0 spiro atoms. The van der Waals surface area contributed by atoms with Crippen molar-refractivity contribution in [2.75, 3.05) is 31.1 Å². The summed E-state index contributed by atoms with van der Waals surface area (Å²) in [5.41, 5.74) is 2.11. The Morgan fingerprint density at radius 3 is 2.36 bits per heavy atom. The number of likely N-dealkylation sites (tertiary alicyclic amines) is 1. The third-order valence-electron chi connectivity index (χ3n) is 7.49. The first kappa shape index (κ1) is 23.8. The van der Waals surface area contributed by atoms with Crippen molar-refractivity contribution in [3.63, 3.8) is 0 Å². The zero-order valence-corrected chi connectivity index (χ0v) is 20.6. The van der Waals surface area contributed by atoms with Gasteiger partial charge in [0.25, 0.3) is 5.56 Å². The van der Waals surface area contributed by atoms with Crippen molar-refractivity contribution >= 4 is 22.9 Å². The van der Waals surface area contributed by atoms with Gasteiger partial charge in [0, 0.05) is 39.6 Å². The largest absolute Gasteiger partial charge is 0.343 e. The summed E-state index contributed by atoms with van der Waals surface area (Å²) in [5.74, 6) is 2.09. The van der Waals surface area contributed by atoms with Crippen LogP contribution in [0.2, 0.25) is 0 Å². The van der Waals surface area contributed by atoms with E-state index in [1.54, 1.807) is 4.68 Å². The molecule has 1 saturated carbocycles. The maximum atomic E-state index is 13.1. The van der Waals surface area contributed by atoms with Gasteiger partial charge in [0.15, 0.2) is 5.52 Å². The molecule has 8 heteroatoms. The number of aromatic amines is 1. The first-order chi connectivity index (χ1) is 16.0. The van der Waals surface area contributed by atoms with Crippen LogP contribution in [0.25, 0.3) is 11.0 Å². The summed E-state index contributed by atoms with van der Waals surface area (Å²) in [5, 5.41) is 4.58. The van der Waals surface area contributed by atoms with Gasteiger partial charge in [-0.25, -0.2) is 4.98 Å². The van der Waals surface area contributed by atoms with Crippen LogP contribution in [-0.2, 0) is 18.3 Å². The van der Waals surface area contributed by atoms with E-state index < -0.39 is 0 Å². The molecule has 182 valence electrons. The van der Waals surface area contributed by atoms with E-state index in [2.05, 4.69) is 21.9 Å². The first-order valence-corrected chi connectivity index (χ1v) is 13.0. The SMILES string of the molecule is CCCc1nn(C)c2c(=O)[nH]c(N(CC3CCCCC3)CC3CCN(C(=O)CC)CC3)nc12. The summed E-state index contributed by atoms with van der Waals surface area (Å²) >= 11 is 0. The number of hydrogen-bond acceptors (Lipinski definition) is 5. The predicted molar refractivity (Wildman–Crippen MR) is 132 cm³/mol. The van der Waals surface area contributed by atoms with E-state index in [-0.39, 0.29) is 11.5 Å². The predicted octanol–water partition coefficient (Wildman–Crippen LogP) is 3.64. The van der Waals surface area contributed by atoms with E-state index in [4.69, 9.17) is 4.98 Å². The molecular weight excluding hydrogens is 416 g/mol. The number of aromatic nitrogens is 4. The molecule has 3 heterocycles. The number of aryl methyl sites for hydroxylation is 2. The summed E-state index contributed by atoms with van der Waals surface area (Å²) in [7, 11) is 1.82. The van der Waals surface area contributed by atoms with E-state index in [1.165, 1.54) is 32.1 Å². The Hall–Kier alpha value is -2.38. The van der Waals surface area contributed by atoms with Crippen molar-refractivity contribution in [3.05, 3.63) is 16.0 Å². The molecule has 1 saturated heterocycles. The van der Waals surface area contributed by atoms with Crippen molar-refractivity contribution < 1.29 is 4.79 Å². The minimum absolute atomic E-state index is 0.107. The number of carbonyl (C=O) groups excluding carboxylic acids is 1. The Labute approximate surface area is 196 Å². The van der Waals surface area contributed by atoms with Crippen molar-refractivity contribution in [1.82, 2.24) is 24.6 Å². The van der Waals surface area contributed by atoms with Gasteiger partial charge in [-0.15, -0.1) is 0 Å². The standard InChI is InChI=1S/C25H40N6O2/c1-4-9-20-22-23(29(3)28-20)24(33)27-25(26-22)31(16-18-10-7-6-8-11-18)17-19-12-14-30(15-13-19)21(32)5-2/h18-19H,4-17H2,1-3H3,(H,26,27,33). The van der Waals surface area contributed by atoms with Gasteiger partial charge >= 0.3 is 0 Å². The Balaban J connectivity index is 1.59. The lowest BCUT2D eigenvalue weighted by atomic mass is 9.88. The van der Waals surface area contributed by atoms with Gasteiger partial charge in [-0.1, -0.05) is 39.5 Å².